The Balaban J connectivity index is 1.79. The Morgan fingerprint density at radius 3 is 2.57 bits per heavy atom. The van der Waals surface area contributed by atoms with Crippen molar-refractivity contribution in [2.45, 2.75) is 18.3 Å². The summed E-state index contributed by atoms with van der Waals surface area (Å²) < 4.78 is 66.6. The van der Waals surface area contributed by atoms with Crippen LogP contribution >= 0.6 is 0 Å². The van der Waals surface area contributed by atoms with Gasteiger partial charge in [-0.3, -0.25) is 9.78 Å². The lowest BCUT2D eigenvalue weighted by Crippen LogP contribution is -2.50. The number of hydrogen-bond donors (Lipinski definition) is 1. The second-order valence-electron chi connectivity index (χ2n) is 7.57. The molecule has 4 rings (SSSR count). The number of fused-ring (bicyclic) bond motifs is 1. The predicted molar refractivity (Wildman–Crippen MR) is 113 cm³/mol. The van der Waals surface area contributed by atoms with Crippen LogP contribution in [-0.4, -0.2) is 36.9 Å². The molecule has 1 amide bonds. The Morgan fingerprint density at radius 1 is 1.09 bits per heavy atom. The van der Waals surface area contributed by atoms with Gasteiger partial charge in [-0.2, -0.15) is 0 Å². The van der Waals surface area contributed by atoms with E-state index in [1.54, 1.807) is 12.1 Å². The molecule has 0 bridgehead atoms. The van der Waals surface area contributed by atoms with Crippen LogP contribution in [0.4, 0.5) is 17.6 Å². The summed E-state index contributed by atoms with van der Waals surface area (Å²) in [5, 5.41) is 2.84. The molecule has 35 heavy (non-hydrogen) atoms. The summed E-state index contributed by atoms with van der Waals surface area (Å²) in [5.74, 6) is -3.25. The number of halogens is 4. The van der Waals surface area contributed by atoms with Gasteiger partial charge in [-0.1, -0.05) is 12.1 Å². The number of benzene rings is 2. The zero-order valence-corrected chi connectivity index (χ0v) is 18.2. The highest BCUT2D eigenvalue weighted by molar-refractivity contribution is 5.98. The molecule has 2 aromatic carbocycles. The lowest BCUT2D eigenvalue weighted by Gasteiger charge is -2.39. The van der Waals surface area contributed by atoms with Crippen LogP contribution in [0.5, 0.6) is 11.5 Å². The molecule has 2 heterocycles. The van der Waals surface area contributed by atoms with Gasteiger partial charge in [-0.25, -0.2) is 9.18 Å². The first-order valence-electron chi connectivity index (χ1n) is 10.3. The van der Waals surface area contributed by atoms with Gasteiger partial charge in [-0.05, 0) is 48.0 Å². The lowest BCUT2D eigenvalue weighted by atomic mass is 9.81. The fraction of sp³-hybridized carbons (Fsp3) is 0.208. The van der Waals surface area contributed by atoms with Crippen LogP contribution < -0.4 is 14.8 Å². The third kappa shape index (κ3) is 4.88. The lowest BCUT2D eigenvalue weighted by molar-refractivity contribution is -0.275. The summed E-state index contributed by atoms with van der Waals surface area (Å²) >= 11 is 0. The van der Waals surface area contributed by atoms with Gasteiger partial charge in [0.2, 0.25) is 0 Å². The Kier molecular flexibility index (Phi) is 6.33. The van der Waals surface area contributed by atoms with E-state index < -0.39 is 35.3 Å². The van der Waals surface area contributed by atoms with E-state index in [9.17, 15) is 27.2 Å². The molecule has 1 N–H and O–H groups in total. The molecule has 0 fully saturated rings. The maximum absolute atomic E-state index is 14.7. The minimum atomic E-state index is -5.08. The molecule has 0 unspecified atom stereocenters. The minimum absolute atomic E-state index is 0.0956. The summed E-state index contributed by atoms with van der Waals surface area (Å²) in [6, 6.07) is 11.9. The molecule has 0 aliphatic carbocycles. The molecule has 3 aromatic rings. The molecule has 1 aliphatic rings. The summed E-state index contributed by atoms with van der Waals surface area (Å²) in [7, 11) is 1.20. The molecule has 0 saturated carbocycles. The van der Waals surface area contributed by atoms with Crippen LogP contribution in [0, 0.1) is 5.82 Å². The molecule has 0 radical (unpaired) electrons. The standard InChI is InChI=1S/C24H18F4N2O5/c1-33-22(32)15-5-2-4-14(12-15)21(31)30-23(9-11-34-19-6-3-10-29-20(19)23)16-7-8-18(17(25)13-16)35-24(26,27)28/h2-8,10,12-13H,9,11H2,1H3,(H,30,31)/t23-/m0/s1. The topological polar surface area (TPSA) is 86.8 Å². The van der Waals surface area contributed by atoms with Gasteiger partial charge in [0, 0.05) is 18.2 Å². The number of carbonyl (C=O) groups is 2. The number of ether oxygens (including phenoxy) is 3. The number of rotatable bonds is 5. The highest BCUT2D eigenvalue weighted by Gasteiger charge is 2.43. The van der Waals surface area contributed by atoms with E-state index in [1.165, 1.54) is 43.6 Å². The number of esters is 1. The van der Waals surface area contributed by atoms with Crippen molar-refractivity contribution < 1.29 is 41.4 Å². The number of aromatic nitrogens is 1. The van der Waals surface area contributed by atoms with Crippen LogP contribution in [0.25, 0.3) is 0 Å². The quantitative estimate of drug-likeness (QED) is 0.423. The van der Waals surface area contributed by atoms with Crippen LogP contribution in [0.3, 0.4) is 0 Å². The maximum atomic E-state index is 14.7. The second kappa shape index (κ2) is 9.24. The Bertz CT molecular complexity index is 1280. The Morgan fingerprint density at radius 2 is 1.86 bits per heavy atom. The summed E-state index contributed by atoms with van der Waals surface area (Å²) in [5.41, 5.74) is -0.837. The van der Waals surface area contributed by atoms with E-state index in [0.717, 1.165) is 12.1 Å². The molecular weight excluding hydrogens is 472 g/mol. The number of alkyl halides is 3. The smallest absolute Gasteiger partial charge is 0.491 e. The fourth-order valence-corrected chi connectivity index (χ4v) is 3.88. The van der Waals surface area contributed by atoms with Crippen LogP contribution in [0.15, 0.2) is 60.8 Å². The van der Waals surface area contributed by atoms with Crippen molar-refractivity contribution >= 4 is 11.9 Å². The Labute approximate surface area is 196 Å². The molecule has 7 nitrogen and oxygen atoms in total. The largest absolute Gasteiger partial charge is 0.573 e. The van der Waals surface area contributed by atoms with Crippen molar-refractivity contribution in [2.75, 3.05) is 13.7 Å². The maximum Gasteiger partial charge on any atom is 0.573 e. The number of pyridine rings is 1. The highest BCUT2D eigenvalue weighted by Crippen LogP contribution is 2.42. The predicted octanol–water partition coefficient (Wildman–Crippen LogP) is 4.36. The molecule has 1 aliphatic heterocycles. The third-order valence-corrected chi connectivity index (χ3v) is 5.43. The third-order valence-electron chi connectivity index (χ3n) is 5.43. The van der Waals surface area contributed by atoms with Crippen molar-refractivity contribution in [1.82, 2.24) is 10.3 Å². The van der Waals surface area contributed by atoms with Crippen LogP contribution in [-0.2, 0) is 10.3 Å². The first-order chi connectivity index (χ1) is 16.6. The van der Waals surface area contributed by atoms with Gasteiger partial charge < -0.3 is 19.5 Å². The first kappa shape index (κ1) is 24.0. The molecule has 0 saturated heterocycles. The second-order valence-corrected chi connectivity index (χ2v) is 7.57. The molecule has 1 atom stereocenters. The van der Waals surface area contributed by atoms with E-state index in [-0.39, 0.29) is 35.4 Å². The number of nitrogens with zero attached hydrogens (tertiary/aromatic N) is 1. The minimum Gasteiger partial charge on any atom is -0.491 e. The fourth-order valence-electron chi connectivity index (χ4n) is 3.88. The highest BCUT2D eigenvalue weighted by atomic mass is 19.4. The van der Waals surface area contributed by atoms with E-state index in [2.05, 4.69) is 19.8 Å². The zero-order chi connectivity index (χ0) is 25.2. The zero-order valence-electron chi connectivity index (χ0n) is 18.2. The van der Waals surface area contributed by atoms with Gasteiger partial charge in [0.15, 0.2) is 11.6 Å². The van der Waals surface area contributed by atoms with Crippen molar-refractivity contribution in [1.29, 1.82) is 0 Å². The Hall–Kier alpha value is -4.15. The van der Waals surface area contributed by atoms with E-state index in [4.69, 9.17) is 4.74 Å². The van der Waals surface area contributed by atoms with E-state index in [0.29, 0.717) is 5.75 Å². The van der Waals surface area contributed by atoms with Crippen molar-refractivity contribution in [3.8, 4) is 11.5 Å². The molecular formula is C24H18F4N2O5. The molecule has 1 aromatic heterocycles. The van der Waals surface area contributed by atoms with Gasteiger partial charge in [0.1, 0.15) is 17.0 Å². The van der Waals surface area contributed by atoms with E-state index >= 15 is 0 Å². The van der Waals surface area contributed by atoms with Crippen LogP contribution in [0.2, 0.25) is 0 Å². The summed E-state index contributed by atoms with van der Waals surface area (Å²) in [6.07, 6.45) is -3.53. The number of methoxy groups -OCH3 is 1. The average molecular weight is 490 g/mol. The van der Waals surface area contributed by atoms with Gasteiger partial charge in [0.05, 0.1) is 19.3 Å². The van der Waals surface area contributed by atoms with Crippen LogP contribution in [0.1, 0.15) is 38.4 Å². The molecule has 182 valence electrons. The normalized spacial score (nSPS) is 17.1. The van der Waals surface area contributed by atoms with Crippen molar-refractivity contribution in [3.63, 3.8) is 0 Å². The average Bonchev–Trinajstić information content (AvgIpc) is 2.84. The van der Waals surface area contributed by atoms with Crippen molar-refractivity contribution in [3.05, 3.63) is 89.0 Å². The summed E-state index contributed by atoms with van der Waals surface area (Å²) in [6.45, 7) is 0.101. The molecule has 11 heteroatoms. The monoisotopic (exact) mass is 490 g/mol. The van der Waals surface area contributed by atoms with E-state index in [1.807, 2.05) is 0 Å². The van der Waals surface area contributed by atoms with Gasteiger partial charge in [-0.15, -0.1) is 13.2 Å². The SMILES string of the molecule is COC(=O)c1cccc(C(=O)N[C@]2(c3ccc(OC(F)(F)F)c(F)c3)CCOc3cccnc32)c1. The summed E-state index contributed by atoms with van der Waals surface area (Å²) in [4.78, 5) is 29.5. The number of amides is 1. The molecule has 0 spiro atoms. The van der Waals surface area contributed by atoms with Crippen molar-refractivity contribution in [2.24, 2.45) is 0 Å². The van der Waals surface area contributed by atoms with Gasteiger partial charge >= 0.3 is 12.3 Å². The first-order valence-corrected chi connectivity index (χ1v) is 10.3. The number of carbonyl (C=O) groups excluding carboxylic acids is 2. The number of nitrogens with one attached hydrogen (secondary N) is 1. The number of hydrogen-bond acceptors (Lipinski definition) is 6. The van der Waals surface area contributed by atoms with Gasteiger partial charge in [0.25, 0.3) is 5.91 Å².